The lowest BCUT2D eigenvalue weighted by molar-refractivity contribution is -0.173. The highest BCUT2D eigenvalue weighted by Crippen LogP contribution is 2.13. The van der Waals surface area contributed by atoms with Gasteiger partial charge in [0.05, 0.1) is 12.9 Å². The van der Waals surface area contributed by atoms with E-state index in [4.69, 9.17) is 0 Å². The fraction of sp³-hybridized carbons (Fsp3) is 1.00. The van der Waals surface area contributed by atoms with Crippen molar-refractivity contribution >= 4 is 10.0 Å². The van der Waals surface area contributed by atoms with E-state index in [9.17, 15) is 21.6 Å². The van der Waals surface area contributed by atoms with Crippen LogP contribution in [0.1, 0.15) is 0 Å². The molecule has 0 fully saturated rings. The molecule has 0 spiro atoms. The van der Waals surface area contributed by atoms with Crippen LogP contribution in [0.5, 0.6) is 0 Å². The van der Waals surface area contributed by atoms with Gasteiger partial charge in [0.2, 0.25) is 10.0 Å². The summed E-state index contributed by atoms with van der Waals surface area (Å²) >= 11 is 0. The van der Waals surface area contributed by atoms with Crippen molar-refractivity contribution in [3.8, 4) is 0 Å². The van der Waals surface area contributed by atoms with E-state index in [1.807, 2.05) is 4.72 Å². The molecule has 0 unspecified atom stereocenters. The monoisotopic (exact) mass is 221 g/mol. The van der Waals surface area contributed by atoms with Gasteiger partial charge in [-0.15, -0.1) is 0 Å². The third-order valence-electron chi connectivity index (χ3n) is 0.876. The summed E-state index contributed by atoms with van der Waals surface area (Å²) in [5.41, 5.74) is 0. The number of hydrogen-bond acceptors (Lipinski definition) is 3. The minimum atomic E-state index is -4.37. The Hall–Kier alpha value is -0.340. The topological polar surface area (TPSA) is 55.4 Å². The molecule has 8 heteroatoms. The zero-order valence-electron chi connectivity index (χ0n) is 6.89. The standard InChI is InChI=1S/C5H10F3NO3S/c1-13(10,11)9-2-3-12-4-5(6,7)8/h9H,2-4H2,1H3. The molecule has 0 saturated carbocycles. The van der Waals surface area contributed by atoms with E-state index in [2.05, 4.69) is 4.74 Å². The lowest BCUT2D eigenvalue weighted by Crippen LogP contribution is -2.27. The maximum Gasteiger partial charge on any atom is 0.411 e. The first kappa shape index (κ1) is 12.7. The van der Waals surface area contributed by atoms with Gasteiger partial charge in [-0.1, -0.05) is 0 Å². The van der Waals surface area contributed by atoms with Crippen LogP contribution >= 0.6 is 0 Å². The van der Waals surface area contributed by atoms with Crippen LogP contribution in [0.15, 0.2) is 0 Å². The minimum Gasteiger partial charge on any atom is -0.371 e. The second-order valence-corrected chi connectivity index (χ2v) is 4.17. The fourth-order valence-corrected chi connectivity index (χ4v) is 0.941. The van der Waals surface area contributed by atoms with Crippen LogP contribution in [0.4, 0.5) is 13.2 Å². The molecule has 0 saturated heterocycles. The van der Waals surface area contributed by atoms with Crippen molar-refractivity contribution in [3.05, 3.63) is 0 Å². The number of alkyl halides is 3. The Morgan fingerprint density at radius 2 is 1.92 bits per heavy atom. The van der Waals surface area contributed by atoms with Crippen LogP contribution in [0, 0.1) is 0 Å². The van der Waals surface area contributed by atoms with E-state index in [1.165, 1.54) is 0 Å². The number of ether oxygens (including phenoxy) is 1. The van der Waals surface area contributed by atoms with Gasteiger partial charge >= 0.3 is 6.18 Å². The summed E-state index contributed by atoms with van der Waals surface area (Å²) in [6, 6.07) is 0. The lowest BCUT2D eigenvalue weighted by atomic mass is 10.7. The molecule has 0 rings (SSSR count). The van der Waals surface area contributed by atoms with Gasteiger partial charge in [-0.25, -0.2) is 13.1 Å². The Kier molecular flexibility index (Phi) is 4.65. The Balaban J connectivity index is 3.39. The molecule has 0 amide bonds. The second kappa shape index (κ2) is 4.77. The predicted octanol–water partition coefficient (Wildman–Crippen LogP) is 0.114. The quantitative estimate of drug-likeness (QED) is 0.670. The van der Waals surface area contributed by atoms with E-state index >= 15 is 0 Å². The molecule has 0 aromatic rings. The normalized spacial score (nSPS) is 13.2. The van der Waals surface area contributed by atoms with Gasteiger partial charge < -0.3 is 4.74 Å². The average molecular weight is 221 g/mol. The van der Waals surface area contributed by atoms with E-state index in [-0.39, 0.29) is 13.2 Å². The molecule has 0 aromatic carbocycles. The predicted molar refractivity (Wildman–Crippen MR) is 39.7 cm³/mol. The molecule has 80 valence electrons. The van der Waals surface area contributed by atoms with Crippen LogP contribution < -0.4 is 4.72 Å². The van der Waals surface area contributed by atoms with Gasteiger partial charge in [0.15, 0.2) is 0 Å². The molecule has 0 aromatic heterocycles. The largest absolute Gasteiger partial charge is 0.411 e. The number of nitrogens with one attached hydrogen (secondary N) is 1. The number of rotatable bonds is 5. The van der Waals surface area contributed by atoms with E-state index < -0.39 is 22.8 Å². The SMILES string of the molecule is CS(=O)(=O)NCCOCC(F)(F)F. The zero-order valence-corrected chi connectivity index (χ0v) is 7.70. The minimum absolute atomic E-state index is 0.158. The highest BCUT2D eigenvalue weighted by Gasteiger charge is 2.27. The first-order valence-electron chi connectivity index (χ1n) is 3.30. The first-order valence-corrected chi connectivity index (χ1v) is 5.19. The molecular weight excluding hydrogens is 211 g/mol. The number of hydrogen-bond donors (Lipinski definition) is 1. The average Bonchev–Trinajstić information content (AvgIpc) is 1.81. The van der Waals surface area contributed by atoms with Gasteiger partial charge in [0.1, 0.15) is 6.61 Å². The number of halogens is 3. The molecule has 0 bridgehead atoms. The highest BCUT2D eigenvalue weighted by molar-refractivity contribution is 7.88. The lowest BCUT2D eigenvalue weighted by Gasteiger charge is -2.07. The van der Waals surface area contributed by atoms with Crippen LogP contribution in [-0.4, -0.2) is 40.6 Å². The van der Waals surface area contributed by atoms with Gasteiger partial charge in [-0.3, -0.25) is 0 Å². The molecule has 0 aliphatic heterocycles. The van der Waals surface area contributed by atoms with Crippen molar-refractivity contribution in [2.45, 2.75) is 6.18 Å². The fourth-order valence-electron chi connectivity index (χ4n) is 0.487. The van der Waals surface area contributed by atoms with Crippen molar-refractivity contribution in [1.82, 2.24) is 4.72 Å². The molecule has 0 heterocycles. The first-order chi connectivity index (χ1) is 5.71. The van der Waals surface area contributed by atoms with Gasteiger partial charge in [0.25, 0.3) is 0 Å². The van der Waals surface area contributed by atoms with Crippen molar-refractivity contribution in [1.29, 1.82) is 0 Å². The molecule has 0 aliphatic carbocycles. The molecular formula is C5H10F3NO3S. The maximum absolute atomic E-state index is 11.5. The number of sulfonamides is 1. The Bertz CT molecular complexity index is 236. The molecule has 0 atom stereocenters. The van der Waals surface area contributed by atoms with Crippen LogP contribution in [0.3, 0.4) is 0 Å². The molecule has 13 heavy (non-hydrogen) atoms. The summed E-state index contributed by atoms with van der Waals surface area (Å²) in [6.45, 7) is -1.82. The van der Waals surface area contributed by atoms with Crippen molar-refractivity contribution in [2.24, 2.45) is 0 Å². The van der Waals surface area contributed by atoms with Crippen molar-refractivity contribution in [2.75, 3.05) is 26.0 Å². The summed E-state index contributed by atoms with van der Waals surface area (Å²) in [7, 11) is -3.35. The summed E-state index contributed by atoms with van der Waals surface area (Å²) < 4.78 is 61.3. The Labute approximate surface area is 74.1 Å². The van der Waals surface area contributed by atoms with E-state index in [0.717, 1.165) is 6.26 Å². The van der Waals surface area contributed by atoms with Crippen LogP contribution in [-0.2, 0) is 14.8 Å². The molecule has 4 nitrogen and oxygen atoms in total. The van der Waals surface area contributed by atoms with Gasteiger partial charge in [-0.2, -0.15) is 13.2 Å². The van der Waals surface area contributed by atoms with Crippen LogP contribution in [0.25, 0.3) is 0 Å². The Morgan fingerprint density at radius 1 is 1.38 bits per heavy atom. The summed E-state index contributed by atoms with van der Waals surface area (Å²) in [4.78, 5) is 0. The van der Waals surface area contributed by atoms with Crippen molar-refractivity contribution < 1.29 is 26.3 Å². The smallest absolute Gasteiger partial charge is 0.371 e. The maximum atomic E-state index is 11.5. The summed E-state index contributed by atoms with van der Waals surface area (Å²) in [5, 5.41) is 0. The second-order valence-electron chi connectivity index (χ2n) is 2.33. The van der Waals surface area contributed by atoms with E-state index in [0.29, 0.717) is 0 Å². The summed E-state index contributed by atoms with van der Waals surface area (Å²) in [5.74, 6) is 0. The molecule has 0 aliphatic rings. The zero-order chi connectivity index (χ0) is 10.5. The molecule has 0 radical (unpaired) electrons. The highest BCUT2D eigenvalue weighted by atomic mass is 32.2. The van der Waals surface area contributed by atoms with Gasteiger partial charge in [0, 0.05) is 6.54 Å². The van der Waals surface area contributed by atoms with Gasteiger partial charge in [-0.05, 0) is 0 Å². The summed E-state index contributed by atoms with van der Waals surface area (Å²) in [6.07, 6.45) is -3.46. The van der Waals surface area contributed by atoms with E-state index in [1.54, 1.807) is 0 Å². The Morgan fingerprint density at radius 3 is 2.31 bits per heavy atom. The van der Waals surface area contributed by atoms with Crippen molar-refractivity contribution in [3.63, 3.8) is 0 Å². The third-order valence-corrected chi connectivity index (χ3v) is 1.60. The third kappa shape index (κ3) is 11.7. The van der Waals surface area contributed by atoms with Crippen LogP contribution in [0.2, 0.25) is 0 Å². The molecule has 1 N–H and O–H groups in total.